The van der Waals surface area contributed by atoms with Crippen LogP contribution in [0.5, 0.6) is 0 Å². The Balaban J connectivity index is -0.00000000500. The molecule has 0 atom stereocenters. The molecule has 4 heavy (non-hydrogen) atoms. The summed E-state index contributed by atoms with van der Waals surface area (Å²) in [5.74, 6) is 0. The van der Waals surface area contributed by atoms with Crippen LogP contribution in [0.15, 0.2) is 0 Å². The molecule has 24 valence electrons. The van der Waals surface area contributed by atoms with Gasteiger partial charge in [-0.25, -0.2) is 0 Å². The number of hydrogen-bond acceptors (Lipinski definition) is 1. The first-order valence-electron chi connectivity index (χ1n) is 0.167. The molecule has 0 rings (SSSR count). The van der Waals surface area contributed by atoms with Gasteiger partial charge in [-0.05, 0) is 0 Å². The van der Waals surface area contributed by atoms with Gasteiger partial charge in [-0.2, -0.15) is 0 Å². The Bertz CT molecular complexity index is 8.00. The molecule has 0 aliphatic carbocycles. The summed E-state index contributed by atoms with van der Waals surface area (Å²) in [5, 5.41) is 0. The van der Waals surface area contributed by atoms with Crippen LogP contribution in [-0.4, -0.2) is 27.3 Å². The molecule has 0 aromatic carbocycles. The van der Waals surface area contributed by atoms with Crippen molar-refractivity contribution in [2.45, 2.75) is 0 Å². The summed E-state index contributed by atoms with van der Waals surface area (Å²) >= 11 is 0.333. The van der Waals surface area contributed by atoms with Gasteiger partial charge in [0, 0.05) is 44.4 Å². The van der Waals surface area contributed by atoms with E-state index in [9.17, 15) is 0 Å². The van der Waals surface area contributed by atoms with Crippen molar-refractivity contribution in [2.24, 2.45) is 0 Å². The monoisotopic (exact) mass is 464 g/mol. The molecule has 0 saturated heterocycles. The molecule has 0 aromatic rings. The van der Waals surface area contributed by atoms with Crippen molar-refractivity contribution in [2.75, 3.05) is 0 Å². The van der Waals surface area contributed by atoms with Crippen LogP contribution in [0.25, 0.3) is 0 Å². The maximum Gasteiger partial charge on any atom is 0 e. The van der Waals surface area contributed by atoms with Crippen LogP contribution in [0, 0.1) is 0 Å². The molecule has 4 heteroatoms. The molecule has 0 aromatic heterocycles. The van der Waals surface area contributed by atoms with Gasteiger partial charge < -0.3 is 0 Å². The number of rotatable bonds is 0. The molecular weight excluding hydrogens is 463 g/mol. The Hall–Kier alpha value is 1.93. The van der Waals surface area contributed by atoms with E-state index in [1.165, 1.54) is 0 Å². The number of hydrogen-bond donors (Lipinski definition) is 0. The van der Waals surface area contributed by atoms with Gasteiger partial charge in [-0.1, -0.05) is 0 Å². The quantitative estimate of drug-likeness (QED) is 0.444. The second-order valence-corrected chi connectivity index (χ2v) is 0. The van der Waals surface area contributed by atoms with Gasteiger partial charge in [0.05, 0.1) is 0 Å². The molecule has 0 aliphatic heterocycles. The summed E-state index contributed by atoms with van der Waals surface area (Å²) in [4.78, 5) is 0. The minimum absolute atomic E-state index is 0. The molecule has 0 heterocycles. The van der Waals surface area contributed by atoms with E-state index in [4.69, 9.17) is 3.40 Å². The predicted octanol–water partition coefficient (Wildman–Crippen LogP) is -0.505. The molecule has 0 fully saturated rings. The largest absolute Gasteiger partial charge is 0 e. The molecule has 0 unspecified atom stereocenters. The van der Waals surface area contributed by atoms with Crippen molar-refractivity contribution in [3.63, 3.8) is 0 Å². The molecule has 0 spiro atoms. The molecule has 0 aliphatic rings. The zero-order valence-corrected chi connectivity index (χ0v) is 9.60. The van der Waals surface area contributed by atoms with Gasteiger partial charge in [-0.3, -0.25) is 0 Å². The van der Waals surface area contributed by atoms with E-state index in [1.807, 2.05) is 0 Å². The van der Waals surface area contributed by atoms with Crippen LogP contribution >= 0.6 is 0 Å². The molecule has 0 N–H and O–H groups in total. The smallest absolute Gasteiger partial charge is 0 e. The molecule has 0 amide bonds. The van der Waals surface area contributed by atoms with Gasteiger partial charge in [0.25, 0.3) is 0 Å². The predicted molar refractivity (Wildman–Crippen MR) is 6.44 cm³/mol. The van der Waals surface area contributed by atoms with Crippen LogP contribution in [0.2, 0.25) is 0 Å². The van der Waals surface area contributed by atoms with Crippen molar-refractivity contribution in [3.05, 3.63) is 0 Å². The summed E-state index contributed by atoms with van der Waals surface area (Å²) in [7, 11) is 0. The van der Waals surface area contributed by atoms with Crippen LogP contribution in [0.4, 0.5) is 0 Å². The van der Waals surface area contributed by atoms with Crippen molar-refractivity contribution in [1.82, 2.24) is 0 Å². The molecule has 4 radical (unpaired) electrons. The standard InChI is InChI=1S/Fe.O.Pb.W. The SMILES string of the molecule is [Fe].[O]=[W].[Pb]. The van der Waals surface area contributed by atoms with E-state index in [0.717, 1.165) is 0 Å². The zero-order valence-electron chi connectivity index (χ0n) is 1.67. The molecule has 0 saturated carbocycles. The molecule has 0 bridgehead atoms. The maximum atomic E-state index is 8.33. The third kappa shape index (κ3) is 9.06. The maximum absolute atomic E-state index is 8.33. The fraction of sp³-hybridized carbons (Fsp3) is 0. The summed E-state index contributed by atoms with van der Waals surface area (Å²) in [6.07, 6.45) is 0. The van der Waals surface area contributed by atoms with Crippen LogP contribution < -0.4 is 0 Å². The third-order valence-corrected chi connectivity index (χ3v) is 0. The van der Waals surface area contributed by atoms with Crippen molar-refractivity contribution in [3.8, 4) is 0 Å². The van der Waals surface area contributed by atoms with Gasteiger partial charge in [-0.15, -0.1) is 0 Å². The van der Waals surface area contributed by atoms with E-state index in [-0.39, 0.29) is 44.4 Å². The Morgan fingerprint density at radius 1 is 1.25 bits per heavy atom. The van der Waals surface area contributed by atoms with E-state index in [1.54, 1.807) is 0 Å². The first kappa shape index (κ1) is 16.8. The fourth-order valence-electron chi connectivity index (χ4n) is 0. The Kier molecular flexibility index (Phi) is 85.8. The summed E-state index contributed by atoms with van der Waals surface area (Å²) < 4.78 is 8.33. The van der Waals surface area contributed by atoms with Crippen LogP contribution in [0.1, 0.15) is 0 Å². The average Bonchev–Trinajstić information content (AvgIpc) is 1.00. The second-order valence-electron chi connectivity index (χ2n) is 0. The zero-order chi connectivity index (χ0) is 2.00. The molecular formula is FeOPbW. The van der Waals surface area contributed by atoms with Crippen LogP contribution in [-0.2, 0) is 40.2 Å². The summed E-state index contributed by atoms with van der Waals surface area (Å²) in [6, 6.07) is 0. The van der Waals surface area contributed by atoms with Crippen molar-refractivity contribution >= 4 is 27.3 Å². The van der Waals surface area contributed by atoms with Crippen LogP contribution in [0.3, 0.4) is 0 Å². The van der Waals surface area contributed by atoms with Gasteiger partial charge >= 0.3 is 23.2 Å². The third-order valence-electron chi connectivity index (χ3n) is 0. The van der Waals surface area contributed by atoms with E-state index in [0.29, 0.717) is 19.8 Å². The Labute approximate surface area is 66.7 Å². The topological polar surface area (TPSA) is 17.1 Å². The normalized spacial score (nSPS) is 1.00. The Morgan fingerprint density at radius 3 is 1.25 bits per heavy atom. The summed E-state index contributed by atoms with van der Waals surface area (Å²) in [6.45, 7) is 0. The second kappa shape index (κ2) is 20.4. The minimum Gasteiger partial charge on any atom is 0 e. The van der Waals surface area contributed by atoms with E-state index >= 15 is 0 Å². The van der Waals surface area contributed by atoms with Crippen molar-refractivity contribution < 1.29 is 40.2 Å². The molecule has 1 nitrogen and oxygen atoms in total. The average molecular weight is 463 g/mol. The Morgan fingerprint density at radius 2 is 1.25 bits per heavy atom. The van der Waals surface area contributed by atoms with Gasteiger partial charge in [0.15, 0.2) is 0 Å². The van der Waals surface area contributed by atoms with E-state index < -0.39 is 0 Å². The van der Waals surface area contributed by atoms with Gasteiger partial charge in [0.2, 0.25) is 0 Å². The van der Waals surface area contributed by atoms with Gasteiger partial charge in [0.1, 0.15) is 0 Å². The fourth-order valence-corrected chi connectivity index (χ4v) is 0. The summed E-state index contributed by atoms with van der Waals surface area (Å²) in [5.41, 5.74) is 0. The minimum atomic E-state index is 0. The van der Waals surface area contributed by atoms with Crippen molar-refractivity contribution in [1.29, 1.82) is 0 Å². The first-order chi connectivity index (χ1) is 1.00. The van der Waals surface area contributed by atoms with E-state index in [2.05, 4.69) is 0 Å². The first-order valence-corrected chi connectivity index (χ1v) is 1.36.